The number of anilines is 1. The number of para-hydroxylation sites is 2. The predicted molar refractivity (Wildman–Crippen MR) is 142 cm³/mol. The quantitative estimate of drug-likeness (QED) is 0.302. The molecule has 1 unspecified atom stereocenters. The summed E-state index contributed by atoms with van der Waals surface area (Å²) in [4.78, 5) is 15.7. The molecule has 1 aliphatic heterocycles. The molecule has 1 atom stereocenters. The Morgan fingerprint density at radius 3 is 2.33 bits per heavy atom. The van der Waals surface area contributed by atoms with Crippen LogP contribution in [0.1, 0.15) is 28.6 Å². The fraction of sp³-hybridized carbons (Fsp3) is 0.103. The van der Waals surface area contributed by atoms with Crippen LogP contribution in [0.4, 0.5) is 10.5 Å². The number of benzene rings is 3. The largest absolute Gasteiger partial charge is 0.322 e. The fourth-order valence-corrected chi connectivity index (χ4v) is 4.99. The first-order valence-electron chi connectivity index (χ1n) is 11.8. The summed E-state index contributed by atoms with van der Waals surface area (Å²) in [6, 6.07) is 30.9. The van der Waals surface area contributed by atoms with Crippen molar-refractivity contribution in [2.24, 2.45) is 0 Å². The van der Waals surface area contributed by atoms with E-state index in [9.17, 15) is 4.79 Å². The van der Waals surface area contributed by atoms with E-state index in [1.54, 1.807) is 0 Å². The van der Waals surface area contributed by atoms with Crippen LogP contribution in [0, 0.1) is 6.92 Å². The number of hydrogen-bond acceptors (Lipinski definition) is 2. The van der Waals surface area contributed by atoms with Crippen molar-refractivity contribution in [1.82, 2.24) is 19.2 Å². The van der Waals surface area contributed by atoms with Crippen molar-refractivity contribution in [3.8, 4) is 11.5 Å². The molecule has 0 bridgehead atoms. The molecule has 36 heavy (non-hydrogen) atoms. The third-order valence-electron chi connectivity index (χ3n) is 6.56. The maximum atomic E-state index is 13.9. The minimum Gasteiger partial charge on any atom is -0.308 e. The van der Waals surface area contributed by atoms with Gasteiger partial charge in [0.15, 0.2) is 0 Å². The van der Waals surface area contributed by atoms with E-state index in [1.807, 2.05) is 114 Å². The smallest absolute Gasteiger partial charge is 0.308 e. The zero-order valence-corrected chi connectivity index (χ0v) is 20.4. The number of hydrogen-bond donors (Lipinski definition) is 1. The molecular weight excluding hydrogens is 470 g/mol. The van der Waals surface area contributed by atoms with E-state index in [-0.39, 0.29) is 12.1 Å². The molecule has 1 aliphatic rings. The molecule has 1 N–H and O–H groups in total. The second-order valence-corrected chi connectivity index (χ2v) is 9.25. The number of aromatic nitrogens is 3. The highest BCUT2D eigenvalue weighted by Crippen LogP contribution is 2.39. The van der Waals surface area contributed by atoms with Crippen LogP contribution < -0.4 is 5.32 Å². The fourth-order valence-electron chi connectivity index (χ4n) is 4.86. The lowest BCUT2D eigenvalue weighted by Crippen LogP contribution is -2.38. The van der Waals surface area contributed by atoms with Crippen molar-refractivity contribution in [2.75, 3.05) is 5.32 Å². The highest BCUT2D eigenvalue weighted by molar-refractivity contribution is 6.30. The summed E-state index contributed by atoms with van der Waals surface area (Å²) >= 11 is 6.22. The van der Waals surface area contributed by atoms with Crippen molar-refractivity contribution in [3.05, 3.63) is 131 Å². The maximum absolute atomic E-state index is 13.9. The van der Waals surface area contributed by atoms with Gasteiger partial charge in [-0.05, 0) is 61.0 Å². The van der Waals surface area contributed by atoms with Crippen LogP contribution in [0.15, 0.2) is 103 Å². The first-order valence-corrected chi connectivity index (χ1v) is 12.2. The van der Waals surface area contributed by atoms with Crippen LogP contribution in [-0.2, 0) is 6.54 Å². The van der Waals surface area contributed by atoms with E-state index in [2.05, 4.69) is 16.0 Å². The molecule has 6 rings (SSSR count). The molecule has 2 amide bonds. The number of urea groups is 1. The Balaban J connectivity index is 1.54. The van der Waals surface area contributed by atoms with Gasteiger partial charge in [-0.15, -0.1) is 0 Å². The van der Waals surface area contributed by atoms with Gasteiger partial charge >= 0.3 is 6.03 Å². The van der Waals surface area contributed by atoms with E-state index in [1.165, 1.54) is 0 Å². The monoisotopic (exact) mass is 493 g/mol. The summed E-state index contributed by atoms with van der Waals surface area (Å²) in [5, 5.41) is 8.63. The number of rotatable bonds is 3. The molecule has 0 fully saturated rings. The Morgan fingerprint density at radius 2 is 1.61 bits per heavy atom. The zero-order valence-electron chi connectivity index (χ0n) is 19.7. The molecule has 2 aromatic heterocycles. The van der Waals surface area contributed by atoms with Gasteiger partial charge in [0.25, 0.3) is 0 Å². The van der Waals surface area contributed by atoms with Gasteiger partial charge in [-0.2, -0.15) is 5.10 Å². The average Bonchev–Trinajstić information content (AvgIpc) is 3.46. The van der Waals surface area contributed by atoms with Gasteiger partial charge in [-0.3, -0.25) is 0 Å². The van der Waals surface area contributed by atoms with Crippen molar-refractivity contribution in [1.29, 1.82) is 0 Å². The molecule has 178 valence electrons. The molecular formula is C29H24ClN5O. The lowest BCUT2D eigenvalue weighted by molar-refractivity contribution is 0.194. The van der Waals surface area contributed by atoms with Crippen molar-refractivity contribution < 1.29 is 4.79 Å². The number of amides is 2. The summed E-state index contributed by atoms with van der Waals surface area (Å²) in [5.74, 6) is 0.938. The van der Waals surface area contributed by atoms with Crippen molar-refractivity contribution in [2.45, 2.75) is 19.5 Å². The summed E-state index contributed by atoms with van der Waals surface area (Å²) in [5.41, 5.74) is 5.53. The summed E-state index contributed by atoms with van der Waals surface area (Å²) in [7, 11) is 0. The van der Waals surface area contributed by atoms with Crippen LogP contribution in [0.5, 0.6) is 0 Å². The normalized spacial score (nSPS) is 14.6. The molecule has 0 aliphatic carbocycles. The van der Waals surface area contributed by atoms with Gasteiger partial charge in [0.05, 0.1) is 29.7 Å². The second kappa shape index (κ2) is 9.06. The third kappa shape index (κ3) is 3.85. The molecule has 0 radical (unpaired) electrons. The van der Waals surface area contributed by atoms with Gasteiger partial charge in [0.2, 0.25) is 0 Å². The van der Waals surface area contributed by atoms with Crippen LogP contribution in [0.2, 0.25) is 5.02 Å². The first kappa shape index (κ1) is 22.2. The standard InChI is InChI=1S/C29H24ClN5O/c1-20-25-19-34(29(36)31-23-9-4-2-5-10-23)27(21-14-16-22(30)17-15-21)26-13-8-18-33(26)28(25)35(32-20)24-11-6-3-7-12-24/h2-18,27H,19H2,1H3,(H,31,36). The Morgan fingerprint density at radius 1 is 0.917 bits per heavy atom. The predicted octanol–water partition coefficient (Wildman–Crippen LogP) is 6.76. The third-order valence-corrected chi connectivity index (χ3v) is 6.81. The second-order valence-electron chi connectivity index (χ2n) is 8.82. The van der Waals surface area contributed by atoms with Crippen molar-refractivity contribution in [3.63, 3.8) is 0 Å². The lowest BCUT2D eigenvalue weighted by atomic mass is 10.0. The highest BCUT2D eigenvalue weighted by Gasteiger charge is 2.36. The molecule has 0 spiro atoms. The number of aryl methyl sites for hydroxylation is 1. The van der Waals surface area contributed by atoms with E-state index in [0.29, 0.717) is 11.6 Å². The molecule has 6 nitrogen and oxygen atoms in total. The Kier molecular flexibility index (Phi) is 5.58. The minimum absolute atomic E-state index is 0.186. The molecule has 0 saturated carbocycles. The maximum Gasteiger partial charge on any atom is 0.322 e. The number of carbonyl (C=O) groups is 1. The van der Waals surface area contributed by atoms with Gasteiger partial charge in [0.1, 0.15) is 5.82 Å². The Labute approximate surface area is 214 Å². The van der Waals surface area contributed by atoms with E-state index < -0.39 is 0 Å². The zero-order chi connectivity index (χ0) is 24.6. The molecule has 7 heteroatoms. The minimum atomic E-state index is -0.336. The van der Waals surface area contributed by atoms with E-state index >= 15 is 0 Å². The van der Waals surface area contributed by atoms with E-state index in [0.717, 1.165) is 39.7 Å². The topological polar surface area (TPSA) is 55.1 Å². The SMILES string of the molecule is Cc1nn(-c2ccccc2)c2c1CN(C(=O)Nc1ccccc1)C(c1ccc(Cl)cc1)c1cccn1-2. The lowest BCUT2D eigenvalue weighted by Gasteiger charge is -2.31. The molecule has 3 aromatic carbocycles. The number of nitrogens with one attached hydrogen (secondary N) is 1. The average molecular weight is 494 g/mol. The van der Waals surface area contributed by atoms with Crippen molar-refractivity contribution >= 4 is 23.3 Å². The summed E-state index contributed by atoms with van der Waals surface area (Å²) in [6.45, 7) is 2.39. The molecule has 0 saturated heterocycles. The van der Waals surface area contributed by atoms with Gasteiger partial charge in [-0.1, -0.05) is 60.1 Å². The Bertz CT molecular complexity index is 1520. The van der Waals surface area contributed by atoms with Gasteiger partial charge in [-0.25, -0.2) is 9.48 Å². The molecule has 5 aromatic rings. The van der Waals surface area contributed by atoms with Gasteiger partial charge in [0, 0.05) is 22.5 Å². The Hall–Kier alpha value is -4.29. The number of carbonyl (C=O) groups excluding carboxylic acids is 1. The highest BCUT2D eigenvalue weighted by atomic mass is 35.5. The summed E-state index contributed by atoms with van der Waals surface area (Å²) in [6.07, 6.45) is 2.04. The van der Waals surface area contributed by atoms with Crippen LogP contribution in [0.3, 0.4) is 0 Å². The van der Waals surface area contributed by atoms with Crippen LogP contribution in [-0.4, -0.2) is 25.3 Å². The number of halogens is 1. The van der Waals surface area contributed by atoms with E-state index in [4.69, 9.17) is 16.7 Å². The number of fused-ring (bicyclic) bond motifs is 3. The van der Waals surface area contributed by atoms with Crippen LogP contribution >= 0.6 is 11.6 Å². The van der Waals surface area contributed by atoms with Crippen LogP contribution in [0.25, 0.3) is 11.5 Å². The van der Waals surface area contributed by atoms with Gasteiger partial charge < -0.3 is 14.8 Å². The number of nitrogens with zero attached hydrogens (tertiary/aromatic N) is 4. The first-order chi connectivity index (χ1) is 17.6. The molecule has 3 heterocycles. The summed E-state index contributed by atoms with van der Waals surface area (Å²) < 4.78 is 4.11.